The van der Waals surface area contributed by atoms with Crippen molar-refractivity contribution < 1.29 is 14.3 Å². The van der Waals surface area contributed by atoms with Crippen LogP contribution in [-0.2, 0) is 14.3 Å². The summed E-state index contributed by atoms with van der Waals surface area (Å²) in [6.07, 6.45) is 1.88. The number of Topliss-reactive ketones (excluding diaryl/α,β-unsaturated/α-hetero) is 1. The van der Waals surface area contributed by atoms with Gasteiger partial charge in [0.05, 0.1) is 5.57 Å². The standard InChI is InChI=1S/C10H12O3/c1-6-9-7(11)4-3-5-8(9)13-10(6)12-2/h10H,1,3-5H2,2H3. The molecular weight excluding hydrogens is 168 g/mol. The lowest BCUT2D eigenvalue weighted by atomic mass is 9.93. The minimum absolute atomic E-state index is 0.144. The molecule has 0 bridgehead atoms. The van der Waals surface area contributed by atoms with Crippen molar-refractivity contribution in [3.8, 4) is 0 Å². The van der Waals surface area contributed by atoms with Crippen molar-refractivity contribution in [3.63, 3.8) is 0 Å². The summed E-state index contributed by atoms with van der Waals surface area (Å²) < 4.78 is 10.5. The molecule has 1 unspecified atom stereocenters. The van der Waals surface area contributed by atoms with E-state index < -0.39 is 6.29 Å². The van der Waals surface area contributed by atoms with Crippen LogP contribution in [0, 0.1) is 0 Å². The van der Waals surface area contributed by atoms with E-state index in [2.05, 4.69) is 6.58 Å². The van der Waals surface area contributed by atoms with Gasteiger partial charge in [-0.05, 0) is 6.42 Å². The zero-order valence-electron chi connectivity index (χ0n) is 7.63. The second-order valence-electron chi connectivity index (χ2n) is 3.29. The van der Waals surface area contributed by atoms with E-state index in [0.717, 1.165) is 18.6 Å². The van der Waals surface area contributed by atoms with Crippen molar-refractivity contribution in [2.45, 2.75) is 25.6 Å². The maximum absolute atomic E-state index is 11.5. The molecule has 0 aromatic heterocycles. The minimum Gasteiger partial charge on any atom is -0.464 e. The second kappa shape index (κ2) is 3.00. The Morgan fingerprint density at radius 3 is 2.92 bits per heavy atom. The average Bonchev–Trinajstić information content (AvgIpc) is 2.44. The zero-order chi connectivity index (χ0) is 9.42. The monoisotopic (exact) mass is 180 g/mol. The van der Waals surface area contributed by atoms with Crippen LogP contribution in [0.1, 0.15) is 19.3 Å². The van der Waals surface area contributed by atoms with Gasteiger partial charge in [-0.25, -0.2) is 0 Å². The highest BCUT2D eigenvalue weighted by Crippen LogP contribution is 2.36. The molecule has 0 saturated heterocycles. The molecule has 1 atom stereocenters. The molecule has 13 heavy (non-hydrogen) atoms. The van der Waals surface area contributed by atoms with Crippen molar-refractivity contribution in [2.24, 2.45) is 0 Å². The summed E-state index contributed by atoms with van der Waals surface area (Å²) in [5.41, 5.74) is 1.36. The first kappa shape index (κ1) is 8.51. The molecule has 3 heteroatoms. The van der Waals surface area contributed by atoms with Crippen LogP contribution in [0.15, 0.2) is 23.5 Å². The fraction of sp³-hybridized carbons (Fsp3) is 0.500. The molecule has 0 amide bonds. The Hall–Kier alpha value is -1.09. The number of carbonyl (C=O) groups excluding carboxylic acids is 1. The molecule has 0 radical (unpaired) electrons. The number of rotatable bonds is 1. The summed E-state index contributed by atoms with van der Waals surface area (Å²) in [6.45, 7) is 3.81. The molecule has 0 saturated carbocycles. The molecule has 0 aromatic rings. The van der Waals surface area contributed by atoms with E-state index in [0.29, 0.717) is 17.6 Å². The first-order valence-electron chi connectivity index (χ1n) is 4.39. The largest absolute Gasteiger partial charge is 0.464 e. The van der Waals surface area contributed by atoms with Gasteiger partial charge in [0.25, 0.3) is 0 Å². The van der Waals surface area contributed by atoms with Gasteiger partial charge < -0.3 is 9.47 Å². The fourth-order valence-corrected chi connectivity index (χ4v) is 1.80. The van der Waals surface area contributed by atoms with E-state index in [-0.39, 0.29) is 5.78 Å². The predicted octanol–water partition coefficient (Wildman–Crippen LogP) is 1.55. The summed E-state index contributed by atoms with van der Waals surface area (Å²) in [6, 6.07) is 0. The minimum atomic E-state index is -0.438. The Labute approximate surface area is 77.0 Å². The molecule has 0 fully saturated rings. The average molecular weight is 180 g/mol. The van der Waals surface area contributed by atoms with E-state index >= 15 is 0 Å². The van der Waals surface area contributed by atoms with E-state index in [1.165, 1.54) is 0 Å². The molecule has 0 aromatic carbocycles. The third-order valence-electron chi connectivity index (χ3n) is 2.43. The number of ketones is 1. The highest BCUT2D eigenvalue weighted by Gasteiger charge is 2.35. The van der Waals surface area contributed by atoms with Crippen molar-refractivity contribution in [1.29, 1.82) is 0 Å². The summed E-state index contributed by atoms with van der Waals surface area (Å²) in [7, 11) is 1.55. The van der Waals surface area contributed by atoms with Crippen LogP contribution in [0.5, 0.6) is 0 Å². The topological polar surface area (TPSA) is 35.5 Å². The third-order valence-corrected chi connectivity index (χ3v) is 2.43. The van der Waals surface area contributed by atoms with E-state index in [9.17, 15) is 4.79 Å². The summed E-state index contributed by atoms with van der Waals surface area (Å²) in [5, 5.41) is 0. The van der Waals surface area contributed by atoms with Gasteiger partial charge in [0, 0.05) is 25.5 Å². The van der Waals surface area contributed by atoms with Gasteiger partial charge >= 0.3 is 0 Å². The van der Waals surface area contributed by atoms with Crippen LogP contribution in [0.2, 0.25) is 0 Å². The molecule has 0 spiro atoms. The molecule has 2 rings (SSSR count). The Morgan fingerprint density at radius 2 is 2.31 bits per heavy atom. The molecule has 0 N–H and O–H groups in total. The Bertz CT molecular complexity index is 301. The van der Waals surface area contributed by atoms with Crippen molar-refractivity contribution in [3.05, 3.63) is 23.5 Å². The van der Waals surface area contributed by atoms with Crippen molar-refractivity contribution >= 4 is 5.78 Å². The van der Waals surface area contributed by atoms with Crippen LogP contribution >= 0.6 is 0 Å². The van der Waals surface area contributed by atoms with Gasteiger partial charge in [0.15, 0.2) is 5.78 Å². The van der Waals surface area contributed by atoms with Gasteiger partial charge in [0.1, 0.15) is 5.76 Å². The lowest BCUT2D eigenvalue weighted by Gasteiger charge is -2.11. The Morgan fingerprint density at radius 1 is 1.54 bits per heavy atom. The van der Waals surface area contributed by atoms with Crippen LogP contribution in [0.25, 0.3) is 0 Å². The van der Waals surface area contributed by atoms with Crippen molar-refractivity contribution in [2.75, 3.05) is 7.11 Å². The lowest BCUT2D eigenvalue weighted by molar-refractivity contribution is -0.115. The SMILES string of the molecule is C=C1C2=C(CCCC2=O)OC1OC. The first-order valence-corrected chi connectivity index (χ1v) is 4.39. The highest BCUT2D eigenvalue weighted by atomic mass is 16.7. The number of ether oxygens (including phenoxy) is 2. The number of allylic oxidation sites excluding steroid dienone is 1. The van der Waals surface area contributed by atoms with Gasteiger partial charge in [-0.1, -0.05) is 6.58 Å². The lowest BCUT2D eigenvalue weighted by Crippen LogP contribution is -2.12. The van der Waals surface area contributed by atoms with E-state index in [1.54, 1.807) is 7.11 Å². The number of hydrogen-bond donors (Lipinski definition) is 0. The smallest absolute Gasteiger partial charge is 0.226 e. The molecular formula is C10H12O3. The molecule has 1 aliphatic heterocycles. The molecule has 1 heterocycles. The van der Waals surface area contributed by atoms with E-state index in [1.807, 2.05) is 0 Å². The highest BCUT2D eigenvalue weighted by molar-refractivity contribution is 6.01. The summed E-state index contributed by atoms with van der Waals surface area (Å²) in [5.74, 6) is 0.916. The normalized spacial score (nSPS) is 27.6. The number of hydrogen-bond acceptors (Lipinski definition) is 3. The molecule has 2 aliphatic rings. The van der Waals surface area contributed by atoms with E-state index in [4.69, 9.17) is 9.47 Å². The van der Waals surface area contributed by atoms with Crippen molar-refractivity contribution in [1.82, 2.24) is 0 Å². The van der Waals surface area contributed by atoms with Gasteiger partial charge in [-0.3, -0.25) is 4.79 Å². The quantitative estimate of drug-likeness (QED) is 0.614. The van der Waals surface area contributed by atoms with Gasteiger partial charge in [0.2, 0.25) is 6.29 Å². The summed E-state index contributed by atoms with van der Waals surface area (Å²) >= 11 is 0. The predicted molar refractivity (Wildman–Crippen MR) is 46.9 cm³/mol. The number of carbonyl (C=O) groups is 1. The maximum atomic E-state index is 11.5. The summed E-state index contributed by atoms with van der Waals surface area (Å²) in [4.78, 5) is 11.5. The van der Waals surface area contributed by atoms with Crippen LogP contribution in [-0.4, -0.2) is 19.2 Å². The fourth-order valence-electron chi connectivity index (χ4n) is 1.80. The Kier molecular flexibility index (Phi) is 1.96. The zero-order valence-corrected chi connectivity index (χ0v) is 7.63. The van der Waals surface area contributed by atoms with Gasteiger partial charge in [-0.15, -0.1) is 0 Å². The molecule has 3 nitrogen and oxygen atoms in total. The second-order valence-corrected chi connectivity index (χ2v) is 3.29. The van der Waals surface area contributed by atoms with Crippen LogP contribution in [0.3, 0.4) is 0 Å². The third kappa shape index (κ3) is 1.20. The molecule has 70 valence electrons. The maximum Gasteiger partial charge on any atom is 0.226 e. The first-order chi connectivity index (χ1) is 6.24. The number of methoxy groups -OCH3 is 1. The Balaban J connectivity index is 2.31. The van der Waals surface area contributed by atoms with Crippen LogP contribution < -0.4 is 0 Å². The van der Waals surface area contributed by atoms with Crippen LogP contribution in [0.4, 0.5) is 0 Å². The van der Waals surface area contributed by atoms with Gasteiger partial charge in [-0.2, -0.15) is 0 Å². The molecule has 1 aliphatic carbocycles.